The van der Waals surface area contributed by atoms with Gasteiger partial charge in [-0.05, 0) is 56.6 Å². The second kappa shape index (κ2) is 8.86. The molecule has 0 spiro atoms. The first-order chi connectivity index (χ1) is 12.5. The zero-order chi connectivity index (χ0) is 18.4. The molecule has 0 aliphatic heterocycles. The van der Waals surface area contributed by atoms with Gasteiger partial charge in [-0.2, -0.15) is 0 Å². The Morgan fingerprint density at radius 1 is 0.769 bits per heavy atom. The van der Waals surface area contributed by atoms with E-state index in [2.05, 4.69) is 50.2 Å². The molecule has 1 heteroatoms. The van der Waals surface area contributed by atoms with Gasteiger partial charge in [-0.15, -0.1) is 0 Å². The fraction of sp³-hybridized carbons (Fsp3) is 0.520. The first-order valence-electron chi connectivity index (χ1n) is 10.4. The van der Waals surface area contributed by atoms with Crippen LogP contribution in [0, 0.1) is 19.8 Å². The summed E-state index contributed by atoms with van der Waals surface area (Å²) >= 11 is 0. The number of aliphatic hydroxyl groups is 1. The summed E-state index contributed by atoms with van der Waals surface area (Å²) in [5.74, 6) is 0.964. The van der Waals surface area contributed by atoms with Crippen molar-refractivity contribution in [1.82, 2.24) is 0 Å². The molecule has 0 radical (unpaired) electrons. The molecule has 4 rings (SSSR count). The Morgan fingerprint density at radius 3 is 1.81 bits per heavy atom. The van der Waals surface area contributed by atoms with Crippen LogP contribution < -0.4 is 0 Å². The Balaban J connectivity index is 0.000000152. The van der Waals surface area contributed by atoms with Crippen molar-refractivity contribution in [3.05, 3.63) is 70.8 Å². The average molecular weight is 351 g/mol. The third kappa shape index (κ3) is 5.20. The average Bonchev–Trinajstić information content (AvgIpc) is 2.64. The summed E-state index contributed by atoms with van der Waals surface area (Å²) in [6.07, 6.45) is 11.6. The molecule has 0 unspecified atom stereocenters. The van der Waals surface area contributed by atoms with Crippen molar-refractivity contribution < 1.29 is 5.11 Å². The van der Waals surface area contributed by atoms with E-state index in [4.69, 9.17) is 0 Å². The minimum atomic E-state index is -0.492. The van der Waals surface area contributed by atoms with Crippen LogP contribution in [0.4, 0.5) is 0 Å². The molecule has 2 aromatic rings. The van der Waals surface area contributed by atoms with Gasteiger partial charge in [0.1, 0.15) is 0 Å². The van der Waals surface area contributed by atoms with Crippen molar-refractivity contribution in [3.63, 3.8) is 0 Å². The normalized spacial score (nSPS) is 19.2. The Bertz CT molecular complexity index is 658. The smallest absolute Gasteiger partial charge is 0.0896 e. The molecule has 26 heavy (non-hydrogen) atoms. The van der Waals surface area contributed by atoms with Crippen LogP contribution in [0.3, 0.4) is 0 Å². The Morgan fingerprint density at radius 2 is 1.31 bits per heavy atom. The Kier molecular flexibility index (Phi) is 6.53. The molecule has 1 nitrogen and oxygen atoms in total. The summed E-state index contributed by atoms with van der Waals surface area (Å²) in [5, 5.41) is 9.97. The highest BCUT2D eigenvalue weighted by Gasteiger charge is 2.35. The summed E-state index contributed by atoms with van der Waals surface area (Å²) in [6.45, 7) is 4.22. The molecule has 2 aromatic carbocycles. The van der Waals surface area contributed by atoms with Gasteiger partial charge < -0.3 is 5.11 Å². The summed E-state index contributed by atoms with van der Waals surface area (Å²) in [5.41, 5.74) is 4.74. The van der Waals surface area contributed by atoms with E-state index in [1.165, 1.54) is 55.2 Å². The van der Waals surface area contributed by atoms with Gasteiger partial charge in [0.15, 0.2) is 0 Å². The minimum Gasteiger partial charge on any atom is -0.385 e. The lowest BCUT2D eigenvalue weighted by atomic mass is 9.75. The van der Waals surface area contributed by atoms with E-state index in [-0.39, 0.29) is 0 Å². The summed E-state index contributed by atoms with van der Waals surface area (Å²) in [4.78, 5) is 0. The second-order valence-electron chi connectivity index (χ2n) is 8.44. The van der Waals surface area contributed by atoms with Crippen LogP contribution in [0.25, 0.3) is 0 Å². The number of hydrogen-bond acceptors (Lipinski definition) is 1. The maximum atomic E-state index is 9.97. The van der Waals surface area contributed by atoms with E-state index >= 15 is 0 Å². The zero-order valence-corrected chi connectivity index (χ0v) is 16.5. The standard InChI is InChI=1S/C14H20.C11H14O/c1-12-7-9-14(10-8-12)11-13-5-3-2-4-6-13;1-9-3-5-10(6-4-9)11(12)7-2-8-11/h7-10,13H,2-6,11H2,1H3;3-6,12H,2,7-8H2,1H3. The summed E-state index contributed by atoms with van der Waals surface area (Å²) < 4.78 is 0. The highest BCUT2D eigenvalue weighted by atomic mass is 16.3. The van der Waals surface area contributed by atoms with Crippen LogP contribution in [0.2, 0.25) is 0 Å². The van der Waals surface area contributed by atoms with Crippen molar-refractivity contribution in [2.45, 2.75) is 77.2 Å². The van der Waals surface area contributed by atoms with Crippen LogP contribution >= 0.6 is 0 Å². The van der Waals surface area contributed by atoms with Gasteiger partial charge in [-0.1, -0.05) is 91.8 Å². The molecule has 2 saturated carbocycles. The molecular formula is C25H34O. The monoisotopic (exact) mass is 350 g/mol. The molecule has 0 bridgehead atoms. The van der Waals surface area contributed by atoms with Crippen LogP contribution in [0.15, 0.2) is 48.5 Å². The Hall–Kier alpha value is -1.60. The molecule has 0 amide bonds. The van der Waals surface area contributed by atoms with Gasteiger partial charge in [0.25, 0.3) is 0 Å². The van der Waals surface area contributed by atoms with Gasteiger partial charge in [-0.25, -0.2) is 0 Å². The number of benzene rings is 2. The molecule has 2 aliphatic carbocycles. The zero-order valence-electron chi connectivity index (χ0n) is 16.5. The number of rotatable bonds is 3. The van der Waals surface area contributed by atoms with E-state index in [0.29, 0.717) is 0 Å². The van der Waals surface area contributed by atoms with Gasteiger partial charge in [0.05, 0.1) is 5.60 Å². The fourth-order valence-electron chi connectivity index (χ4n) is 4.11. The van der Waals surface area contributed by atoms with Crippen LogP contribution in [-0.4, -0.2) is 5.11 Å². The molecule has 2 fully saturated rings. The predicted octanol–water partition coefficient (Wildman–Crippen LogP) is 6.48. The van der Waals surface area contributed by atoms with Crippen molar-refractivity contribution in [2.24, 2.45) is 5.92 Å². The van der Waals surface area contributed by atoms with Crippen molar-refractivity contribution in [1.29, 1.82) is 0 Å². The molecule has 0 heterocycles. The van der Waals surface area contributed by atoms with E-state index in [0.717, 1.165) is 30.7 Å². The van der Waals surface area contributed by atoms with E-state index in [1.807, 2.05) is 12.1 Å². The van der Waals surface area contributed by atoms with Crippen molar-refractivity contribution >= 4 is 0 Å². The largest absolute Gasteiger partial charge is 0.385 e. The fourth-order valence-corrected chi connectivity index (χ4v) is 4.11. The molecule has 2 aliphatic rings. The van der Waals surface area contributed by atoms with Crippen molar-refractivity contribution in [3.8, 4) is 0 Å². The van der Waals surface area contributed by atoms with Gasteiger partial charge in [0, 0.05) is 0 Å². The second-order valence-corrected chi connectivity index (χ2v) is 8.44. The van der Waals surface area contributed by atoms with Gasteiger partial charge in [-0.3, -0.25) is 0 Å². The van der Waals surface area contributed by atoms with Crippen LogP contribution in [0.1, 0.15) is 73.6 Å². The highest BCUT2D eigenvalue weighted by molar-refractivity contribution is 5.28. The maximum absolute atomic E-state index is 9.97. The van der Waals surface area contributed by atoms with Gasteiger partial charge >= 0.3 is 0 Å². The third-order valence-corrected chi connectivity index (χ3v) is 6.14. The lowest BCUT2D eigenvalue weighted by Gasteiger charge is -2.37. The molecular weight excluding hydrogens is 316 g/mol. The molecule has 1 N–H and O–H groups in total. The van der Waals surface area contributed by atoms with Crippen LogP contribution in [-0.2, 0) is 12.0 Å². The highest BCUT2D eigenvalue weighted by Crippen LogP contribution is 2.40. The van der Waals surface area contributed by atoms with Crippen molar-refractivity contribution in [2.75, 3.05) is 0 Å². The quantitative estimate of drug-likeness (QED) is 0.671. The molecule has 0 atom stereocenters. The summed E-state index contributed by atoms with van der Waals surface area (Å²) in [6, 6.07) is 17.3. The topological polar surface area (TPSA) is 20.2 Å². The lowest BCUT2D eigenvalue weighted by molar-refractivity contribution is -0.0387. The third-order valence-electron chi connectivity index (χ3n) is 6.14. The lowest BCUT2D eigenvalue weighted by Crippen LogP contribution is -2.33. The molecule has 0 aromatic heterocycles. The number of aryl methyl sites for hydroxylation is 2. The summed E-state index contributed by atoms with van der Waals surface area (Å²) in [7, 11) is 0. The van der Waals surface area contributed by atoms with Crippen LogP contribution in [0.5, 0.6) is 0 Å². The first-order valence-corrected chi connectivity index (χ1v) is 10.4. The molecule has 0 saturated heterocycles. The Labute approximate surface area is 159 Å². The minimum absolute atomic E-state index is 0.492. The number of hydrogen-bond donors (Lipinski definition) is 1. The first kappa shape index (κ1) is 19.2. The van der Waals surface area contributed by atoms with E-state index in [1.54, 1.807) is 0 Å². The van der Waals surface area contributed by atoms with E-state index < -0.39 is 5.60 Å². The maximum Gasteiger partial charge on any atom is 0.0896 e. The van der Waals surface area contributed by atoms with Gasteiger partial charge in [0.2, 0.25) is 0 Å². The SMILES string of the molecule is Cc1ccc(C2(O)CCC2)cc1.Cc1ccc(CC2CCCCC2)cc1. The van der Waals surface area contributed by atoms with E-state index in [9.17, 15) is 5.11 Å². The predicted molar refractivity (Wildman–Crippen MR) is 110 cm³/mol. The molecule has 140 valence electrons.